The summed E-state index contributed by atoms with van der Waals surface area (Å²) in [6.07, 6.45) is 5.56. The van der Waals surface area contributed by atoms with Crippen molar-refractivity contribution >= 4 is 40.1 Å². The van der Waals surface area contributed by atoms with Crippen LogP contribution in [0.4, 0.5) is 22.9 Å². The average Bonchev–Trinajstić information content (AvgIpc) is 3.26. The summed E-state index contributed by atoms with van der Waals surface area (Å²) in [6, 6.07) is 15.9. The summed E-state index contributed by atoms with van der Waals surface area (Å²) in [5.41, 5.74) is 2.96. The van der Waals surface area contributed by atoms with Crippen LogP contribution in [0.2, 0.25) is 0 Å². The minimum Gasteiger partial charge on any atom is -0.372 e. The van der Waals surface area contributed by atoms with Crippen molar-refractivity contribution in [2.24, 2.45) is 0 Å². The maximum atomic E-state index is 12.1. The number of nitrogens with one attached hydrogen (secondary N) is 2. The van der Waals surface area contributed by atoms with Crippen molar-refractivity contribution in [1.82, 2.24) is 4.98 Å². The minimum atomic E-state index is -0.110. The molecule has 138 valence electrons. The number of pyridine rings is 1. The van der Waals surface area contributed by atoms with Crippen molar-refractivity contribution in [3.63, 3.8) is 0 Å². The van der Waals surface area contributed by atoms with Gasteiger partial charge in [0.05, 0.1) is 16.8 Å². The lowest BCUT2D eigenvalue weighted by molar-refractivity contribution is 0.103. The molecule has 4 rings (SSSR count). The van der Waals surface area contributed by atoms with Crippen LogP contribution in [0.15, 0.2) is 60.1 Å². The van der Waals surface area contributed by atoms with Crippen molar-refractivity contribution in [3.8, 4) is 0 Å². The highest BCUT2D eigenvalue weighted by atomic mass is 32.1. The summed E-state index contributed by atoms with van der Waals surface area (Å²) >= 11 is 1.42. The van der Waals surface area contributed by atoms with Crippen molar-refractivity contribution < 1.29 is 4.79 Å². The topological polar surface area (TPSA) is 57.3 Å². The Morgan fingerprint density at radius 2 is 1.74 bits per heavy atom. The van der Waals surface area contributed by atoms with Gasteiger partial charge in [0.15, 0.2) is 0 Å². The Kier molecular flexibility index (Phi) is 5.34. The fourth-order valence-corrected chi connectivity index (χ4v) is 3.82. The maximum absolute atomic E-state index is 12.1. The Morgan fingerprint density at radius 1 is 0.963 bits per heavy atom. The third-order valence-corrected chi connectivity index (χ3v) is 5.50. The van der Waals surface area contributed by atoms with Crippen LogP contribution in [0.25, 0.3) is 0 Å². The summed E-state index contributed by atoms with van der Waals surface area (Å²) in [5.74, 6) is 0.635. The Morgan fingerprint density at radius 3 is 2.41 bits per heavy atom. The predicted molar refractivity (Wildman–Crippen MR) is 112 cm³/mol. The summed E-state index contributed by atoms with van der Waals surface area (Å²) in [4.78, 5) is 19.6. The highest BCUT2D eigenvalue weighted by Gasteiger charge is 2.11. The molecule has 0 atom stereocenters. The Hall–Kier alpha value is -2.86. The number of rotatable bonds is 5. The molecule has 1 saturated heterocycles. The summed E-state index contributed by atoms with van der Waals surface area (Å²) in [6.45, 7) is 2.29. The van der Waals surface area contributed by atoms with Crippen molar-refractivity contribution in [3.05, 3.63) is 65.0 Å². The van der Waals surface area contributed by atoms with Gasteiger partial charge in [-0.1, -0.05) is 6.07 Å². The molecule has 0 radical (unpaired) electrons. The number of benzene rings is 1. The molecule has 1 fully saturated rings. The number of nitrogens with zero attached hydrogens (tertiary/aromatic N) is 2. The molecule has 0 saturated carbocycles. The van der Waals surface area contributed by atoms with Crippen LogP contribution in [-0.2, 0) is 0 Å². The largest absolute Gasteiger partial charge is 0.372 e. The fraction of sp³-hybridized carbons (Fsp3) is 0.238. The Balaban J connectivity index is 1.36. The van der Waals surface area contributed by atoms with Gasteiger partial charge in [-0.25, -0.2) is 4.98 Å². The second kappa shape index (κ2) is 8.22. The van der Waals surface area contributed by atoms with Gasteiger partial charge >= 0.3 is 0 Å². The molecule has 0 spiro atoms. The smallest absolute Gasteiger partial charge is 0.265 e. The first-order valence-electron chi connectivity index (χ1n) is 9.21. The number of hydrogen-bond acceptors (Lipinski definition) is 5. The number of amides is 1. The molecule has 1 amide bonds. The number of carbonyl (C=O) groups excluding carboxylic acids is 1. The average molecular weight is 379 g/mol. The van der Waals surface area contributed by atoms with E-state index in [9.17, 15) is 4.79 Å². The van der Waals surface area contributed by atoms with Crippen molar-refractivity contribution in [2.75, 3.05) is 28.6 Å². The molecule has 0 unspecified atom stereocenters. The lowest BCUT2D eigenvalue weighted by atomic mass is 10.1. The lowest BCUT2D eigenvalue weighted by Gasteiger charge is -2.28. The molecular weight excluding hydrogens is 356 g/mol. The van der Waals surface area contributed by atoms with Crippen LogP contribution in [-0.4, -0.2) is 24.0 Å². The van der Waals surface area contributed by atoms with Crippen LogP contribution in [0.1, 0.15) is 28.9 Å². The van der Waals surface area contributed by atoms with Gasteiger partial charge in [0.2, 0.25) is 0 Å². The first-order chi connectivity index (χ1) is 13.3. The molecule has 6 heteroatoms. The standard InChI is InChI=1S/C21H22N4OS/c26-21(19-5-4-14-27-19)24-17-8-11-20(22-15-17)23-16-6-9-18(10-7-16)25-12-2-1-3-13-25/h4-11,14-15H,1-3,12-13H2,(H,22,23)(H,24,26). The van der Waals surface area contributed by atoms with Crippen LogP contribution < -0.4 is 15.5 Å². The van der Waals surface area contributed by atoms with E-state index >= 15 is 0 Å². The Labute approximate surface area is 163 Å². The van der Waals surface area contributed by atoms with E-state index in [1.54, 1.807) is 12.3 Å². The zero-order chi connectivity index (χ0) is 18.5. The summed E-state index contributed by atoms with van der Waals surface area (Å²) < 4.78 is 0. The van der Waals surface area contributed by atoms with E-state index in [1.165, 1.54) is 36.3 Å². The molecule has 0 bridgehead atoms. The van der Waals surface area contributed by atoms with Gasteiger partial charge in [0.1, 0.15) is 5.82 Å². The van der Waals surface area contributed by atoms with Crippen LogP contribution >= 0.6 is 11.3 Å². The van der Waals surface area contributed by atoms with Crippen LogP contribution in [0, 0.1) is 0 Å². The van der Waals surface area contributed by atoms with Crippen LogP contribution in [0.5, 0.6) is 0 Å². The van der Waals surface area contributed by atoms with E-state index in [4.69, 9.17) is 0 Å². The predicted octanol–water partition coefficient (Wildman–Crippen LogP) is 5.13. The third kappa shape index (κ3) is 4.46. The first-order valence-corrected chi connectivity index (χ1v) is 10.1. The molecule has 1 aliphatic rings. The monoisotopic (exact) mass is 378 g/mol. The number of anilines is 4. The van der Waals surface area contributed by atoms with E-state index in [0.29, 0.717) is 10.6 Å². The van der Waals surface area contributed by atoms with E-state index in [2.05, 4.69) is 44.8 Å². The molecule has 27 heavy (non-hydrogen) atoms. The fourth-order valence-electron chi connectivity index (χ4n) is 3.20. The first kappa shape index (κ1) is 17.5. The van der Waals surface area contributed by atoms with Crippen molar-refractivity contribution in [1.29, 1.82) is 0 Å². The second-order valence-electron chi connectivity index (χ2n) is 6.58. The molecule has 1 aliphatic heterocycles. The quantitative estimate of drug-likeness (QED) is 0.646. The number of aromatic nitrogens is 1. The normalized spacial score (nSPS) is 14.0. The highest BCUT2D eigenvalue weighted by Crippen LogP contribution is 2.23. The number of hydrogen-bond donors (Lipinski definition) is 2. The number of carbonyl (C=O) groups is 1. The number of thiophene rings is 1. The van der Waals surface area contributed by atoms with Gasteiger partial charge < -0.3 is 15.5 Å². The lowest BCUT2D eigenvalue weighted by Crippen LogP contribution is -2.29. The molecule has 5 nitrogen and oxygen atoms in total. The van der Waals surface area contributed by atoms with Gasteiger partial charge in [-0.15, -0.1) is 11.3 Å². The zero-order valence-corrected chi connectivity index (χ0v) is 15.8. The summed E-state index contributed by atoms with van der Waals surface area (Å²) in [5, 5.41) is 8.04. The van der Waals surface area contributed by atoms with Gasteiger partial charge in [-0.2, -0.15) is 0 Å². The van der Waals surface area contributed by atoms with E-state index in [0.717, 1.165) is 24.6 Å². The van der Waals surface area contributed by atoms with Gasteiger partial charge in [-0.3, -0.25) is 4.79 Å². The maximum Gasteiger partial charge on any atom is 0.265 e. The SMILES string of the molecule is O=C(Nc1ccc(Nc2ccc(N3CCCCC3)cc2)nc1)c1cccs1. The van der Waals surface area contributed by atoms with Crippen LogP contribution in [0.3, 0.4) is 0 Å². The van der Waals surface area contributed by atoms with E-state index in [-0.39, 0.29) is 5.91 Å². The minimum absolute atomic E-state index is 0.110. The van der Waals surface area contributed by atoms with Crippen molar-refractivity contribution in [2.45, 2.75) is 19.3 Å². The molecule has 0 aliphatic carbocycles. The van der Waals surface area contributed by atoms with Gasteiger partial charge in [0.25, 0.3) is 5.91 Å². The third-order valence-electron chi connectivity index (χ3n) is 4.63. The molecule has 2 N–H and O–H groups in total. The molecule has 1 aromatic carbocycles. The Bertz CT molecular complexity index is 870. The van der Waals surface area contributed by atoms with E-state index in [1.807, 2.05) is 23.6 Å². The van der Waals surface area contributed by atoms with Gasteiger partial charge in [0, 0.05) is 24.5 Å². The summed E-state index contributed by atoms with van der Waals surface area (Å²) in [7, 11) is 0. The highest BCUT2D eigenvalue weighted by molar-refractivity contribution is 7.12. The molecule has 3 heterocycles. The molecule has 2 aromatic heterocycles. The van der Waals surface area contributed by atoms with Gasteiger partial charge in [-0.05, 0) is 67.1 Å². The molecular formula is C21H22N4OS. The molecule has 3 aromatic rings. The second-order valence-corrected chi connectivity index (χ2v) is 7.53. The van der Waals surface area contributed by atoms with E-state index < -0.39 is 0 Å². The number of piperidine rings is 1. The zero-order valence-electron chi connectivity index (χ0n) is 15.0.